The molecular formula is C34H45F5O5. The third-order valence-electron chi connectivity index (χ3n) is 9.32. The second kappa shape index (κ2) is 14.8. The minimum atomic E-state index is -5.56. The van der Waals surface area contributed by atoms with E-state index in [0.717, 1.165) is 49.7 Å². The number of halogens is 5. The summed E-state index contributed by atoms with van der Waals surface area (Å²) >= 11 is 0. The van der Waals surface area contributed by atoms with Gasteiger partial charge in [-0.2, -0.15) is 22.0 Å². The molecule has 3 atom stereocenters. The molecule has 2 aromatic rings. The van der Waals surface area contributed by atoms with E-state index in [1.165, 1.54) is 0 Å². The van der Waals surface area contributed by atoms with Crippen molar-refractivity contribution < 1.29 is 46.8 Å². The first-order chi connectivity index (χ1) is 20.6. The van der Waals surface area contributed by atoms with Gasteiger partial charge in [0.1, 0.15) is 17.2 Å². The Morgan fingerprint density at radius 3 is 1.93 bits per heavy atom. The van der Waals surface area contributed by atoms with E-state index in [-0.39, 0.29) is 48.5 Å². The average Bonchev–Trinajstić information content (AvgIpc) is 2.94. The average molecular weight is 629 g/mol. The molecule has 1 aliphatic rings. The van der Waals surface area contributed by atoms with Gasteiger partial charge in [-0.3, -0.25) is 4.79 Å². The minimum Gasteiger partial charge on any atom is -0.508 e. The first kappa shape index (κ1) is 35.4. The smallest absolute Gasteiger partial charge is 0.453 e. The van der Waals surface area contributed by atoms with E-state index < -0.39 is 29.9 Å². The number of aromatic hydroxyl groups is 2. The summed E-state index contributed by atoms with van der Waals surface area (Å²) in [5.74, 6) is -4.50. The summed E-state index contributed by atoms with van der Waals surface area (Å²) < 4.78 is 69.2. The summed E-state index contributed by atoms with van der Waals surface area (Å²) in [7, 11) is 0. The molecule has 3 N–H and O–H groups in total. The first-order valence-corrected chi connectivity index (χ1v) is 15.5. The highest BCUT2D eigenvalue weighted by atomic mass is 19.4. The summed E-state index contributed by atoms with van der Waals surface area (Å²) in [6.07, 6.45) is 0.288. The number of carboxylic acid groups (broad SMARTS) is 1. The van der Waals surface area contributed by atoms with Crippen LogP contribution in [-0.4, -0.2) is 40.0 Å². The van der Waals surface area contributed by atoms with Crippen LogP contribution in [0.3, 0.4) is 0 Å². The van der Waals surface area contributed by atoms with Crippen molar-refractivity contribution >= 4 is 5.97 Å². The van der Waals surface area contributed by atoms with E-state index in [1.807, 2.05) is 18.2 Å². The predicted octanol–water partition coefficient (Wildman–Crippen LogP) is 9.89. The van der Waals surface area contributed by atoms with Gasteiger partial charge in [0.2, 0.25) is 0 Å². The van der Waals surface area contributed by atoms with Crippen LogP contribution in [0, 0.1) is 5.41 Å². The number of phenols is 2. The van der Waals surface area contributed by atoms with Gasteiger partial charge in [-0.25, -0.2) is 0 Å². The number of fused-ring (bicyclic) bond motifs is 1. The number of hydrogen-bond donors (Lipinski definition) is 3. The zero-order chi connectivity index (χ0) is 32.6. The molecule has 0 radical (unpaired) electrons. The fourth-order valence-corrected chi connectivity index (χ4v) is 6.30. The van der Waals surface area contributed by atoms with Crippen molar-refractivity contribution in [2.45, 2.75) is 121 Å². The molecule has 0 fully saturated rings. The van der Waals surface area contributed by atoms with Crippen molar-refractivity contribution in [2.75, 3.05) is 6.61 Å². The number of aliphatic carboxylic acids is 1. The number of unbranched alkanes of at least 4 members (excludes halogenated alkanes) is 7. The van der Waals surface area contributed by atoms with Crippen LogP contribution in [0.2, 0.25) is 0 Å². The third kappa shape index (κ3) is 9.00. The van der Waals surface area contributed by atoms with Gasteiger partial charge in [-0.05, 0) is 61.9 Å². The maximum absolute atomic E-state index is 13.1. The van der Waals surface area contributed by atoms with Crippen molar-refractivity contribution in [2.24, 2.45) is 5.41 Å². The minimum absolute atomic E-state index is 0.124. The number of alkyl halides is 5. The van der Waals surface area contributed by atoms with Crippen LogP contribution in [0.5, 0.6) is 17.2 Å². The van der Waals surface area contributed by atoms with Crippen LogP contribution >= 0.6 is 0 Å². The molecule has 0 bridgehead atoms. The molecular weight excluding hydrogens is 583 g/mol. The SMILES string of the molecule is CC(CCCCCCCCC1c2ccc(O)cc2OCC1(C)c1ccc(O)cc1)(CCCCCC(F)(F)C(F)(F)F)C(=O)O. The maximum atomic E-state index is 13.1. The molecule has 0 aromatic heterocycles. The Morgan fingerprint density at radius 1 is 0.818 bits per heavy atom. The van der Waals surface area contributed by atoms with Gasteiger partial charge in [0, 0.05) is 23.8 Å². The van der Waals surface area contributed by atoms with E-state index in [1.54, 1.807) is 31.2 Å². The largest absolute Gasteiger partial charge is 0.508 e. The summed E-state index contributed by atoms with van der Waals surface area (Å²) in [6, 6.07) is 12.5. The summed E-state index contributed by atoms with van der Waals surface area (Å²) in [6.45, 7) is 4.23. The Morgan fingerprint density at radius 2 is 1.34 bits per heavy atom. The molecule has 0 spiro atoms. The van der Waals surface area contributed by atoms with Gasteiger partial charge in [0.15, 0.2) is 0 Å². The highest BCUT2D eigenvalue weighted by Crippen LogP contribution is 2.50. The lowest BCUT2D eigenvalue weighted by atomic mass is 9.66. The Balaban J connectivity index is 1.43. The molecule has 1 heterocycles. The topological polar surface area (TPSA) is 87.0 Å². The predicted molar refractivity (Wildman–Crippen MR) is 159 cm³/mol. The third-order valence-corrected chi connectivity index (χ3v) is 9.32. The molecule has 0 saturated carbocycles. The lowest BCUT2D eigenvalue weighted by molar-refractivity contribution is -0.284. The zero-order valence-electron chi connectivity index (χ0n) is 25.6. The van der Waals surface area contributed by atoms with Crippen LogP contribution in [0.15, 0.2) is 42.5 Å². The fourth-order valence-electron chi connectivity index (χ4n) is 6.30. The Kier molecular flexibility index (Phi) is 11.9. The molecule has 0 aliphatic carbocycles. The number of phenolic OH excluding ortho intramolecular Hbond substituents is 2. The molecule has 10 heteroatoms. The maximum Gasteiger partial charge on any atom is 0.453 e. The molecule has 2 aromatic carbocycles. The molecule has 3 rings (SSSR count). The van der Waals surface area contributed by atoms with Crippen molar-refractivity contribution in [1.29, 1.82) is 0 Å². The van der Waals surface area contributed by atoms with Gasteiger partial charge in [-0.1, -0.05) is 76.5 Å². The van der Waals surface area contributed by atoms with Crippen molar-refractivity contribution in [3.63, 3.8) is 0 Å². The van der Waals surface area contributed by atoms with E-state index in [4.69, 9.17) is 4.74 Å². The van der Waals surface area contributed by atoms with Crippen molar-refractivity contribution in [3.05, 3.63) is 53.6 Å². The second-order valence-corrected chi connectivity index (χ2v) is 12.8. The van der Waals surface area contributed by atoms with Gasteiger partial charge in [-0.15, -0.1) is 0 Å². The highest BCUT2D eigenvalue weighted by Gasteiger charge is 2.56. The number of rotatable bonds is 17. The number of ether oxygens (including phenoxy) is 1. The van der Waals surface area contributed by atoms with E-state index >= 15 is 0 Å². The van der Waals surface area contributed by atoms with Crippen LogP contribution in [0.25, 0.3) is 0 Å². The summed E-state index contributed by atoms with van der Waals surface area (Å²) in [5.41, 5.74) is 0.764. The van der Waals surface area contributed by atoms with E-state index in [9.17, 15) is 42.1 Å². The Labute approximate surface area is 256 Å². The second-order valence-electron chi connectivity index (χ2n) is 12.8. The molecule has 44 heavy (non-hydrogen) atoms. The quantitative estimate of drug-likeness (QED) is 0.120. The highest BCUT2D eigenvalue weighted by molar-refractivity contribution is 5.74. The van der Waals surface area contributed by atoms with E-state index in [2.05, 4.69) is 6.92 Å². The summed E-state index contributed by atoms with van der Waals surface area (Å²) in [4.78, 5) is 11.9. The molecule has 246 valence electrons. The molecule has 1 aliphatic heterocycles. The molecule has 3 unspecified atom stereocenters. The lowest BCUT2D eigenvalue weighted by Crippen LogP contribution is -2.40. The number of carboxylic acids is 1. The first-order valence-electron chi connectivity index (χ1n) is 15.5. The van der Waals surface area contributed by atoms with Gasteiger partial charge in [0.05, 0.1) is 12.0 Å². The number of benzene rings is 2. The van der Waals surface area contributed by atoms with Gasteiger partial charge in [0.25, 0.3) is 0 Å². The van der Waals surface area contributed by atoms with Gasteiger partial charge >= 0.3 is 18.1 Å². The van der Waals surface area contributed by atoms with Crippen LogP contribution in [0.4, 0.5) is 22.0 Å². The summed E-state index contributed by atoms with van der Waals surface area (Å²) in [5, 5.41) is 29.5. The number of hydrogen-bond acceptors (Lipinski definition) is 4. The Bertz CT molecular complexity index is 1220. The lowest BCUT2D eigenvalue weighted by Gasteiger charge is -2.43. The Hall–Kier alpha value is -3.04. The van der Waals surface area contributed by atoms with Gasteiger partial charge < -0.3 is 20.1 Å². The van der Waals surface area contributed by atoms with Crippen LogP contribution in [-0.2, 0) is 10.2 Å². The molecule has 0 saturated heterocycles. The zero-order valence-corrected chi connectivity index (χ0v) is 25.6. The van der Waals surface area contributed by atoms with Crippen LogP contribution < -0.4 is 4.74 Å². The monoisotopic (exact) mass is 628 g/mol. The normalized spacial score (nSPS) is 20.0. The van der Waals surface area contributed by atoms with Crippen molar-refractivity contribution in [1.82, 2.24) is 0 Å². The fraction of sp³-hybridized carbons (Fsp3) is 0.618. The molecule has 0 amide bonds. The number of carbonyl (C=O) groups is 1. The van der Waals surface area contributed by atoms with Crippen molar-refractivity contribution in [3.8, 4) is 17.2 Å². The standard InChI is InChI=1S/C34H45F5O5/c1-31(30(42)43,20-10-7-11-21-33(35,36)34(37,38)39)19-9-6-4-3-5-8-12-28-27-18-17-26(41)22-29(27)44-23-32(28,2)24-13-15-25(40)16-14-24/h13-18,22,28,40-41H,3-12,19-21,23H2,1-2H3,(H,42,43). The molecule has 5 nitrogen and oxygen atoms in total. The van der Waals surface area contributed by atoms with Crippen LogP contribution in [0.1, 0.15) is 114 Å². The van der Waals surface area contributed by atoms with E-state index in [0.29, 0.717) is 25.2 Å².